The number of hydrogen-bond acceptors (Lipinski definition) is 3. The molecular weight excluding hydrogens is 262 g/mol. The molecule has 0 heterocycles. The lowest BCUT2D eigenvalue weighted by Gasteiger charge is -2.39. The number of nitrogens with one attached hydrogen (secondary N) is 1. The average Bonchev–Trinajstić information content (AvgIpc) is 2.47. The van der Waals surface area contributed by atoms with Crippen molar-refractivity contribution in [3.05, 3.63) is 29.8 Å². The molecule has 3 heteroatoms. The molecule has 3 nitrogen and oxygen atoms in total. The summed E-state index contributed by atoms with van der Waals surface area (Å²) in [6, 6.07) is 8.43. The molecule has 118 valence electrons. The summed E-state index contributed by atoms with van der Waals surface area (Å²) in [6.07, 6.45) is 4.21. The van der Waals surface area contributed by atoms with Crippen molar-refractivity contribution < 1.29 is 9.84 Å². The maximum atomic E-state index is 9.63. The molecule has 1 fully saturated rings. The van der Waals surface area contributed by atoms with Gasteiger partial charge < -0.3 is 15.2 Å². The Morgan fingerprint density at radius 1 is 1.29 bits per heavy atom. The molecule has 0 aromatic heterocycles. The number of ether oxygens (including phenoxy) is 1. The maximum absolute atomic E-state index is 9.63. The Balaban J connectivity index is 2.01. The van der Waals surface area contributed by atoms with Crippen molar-refractivity contribution in [2.45, 2.75) is 63.5 Å². The van der Waals surface area contributed by atoms with Crippen LogP contribution in [0.5, 0.6) is 5.75 Å². The van der Waals surface area contributed by atoms with E-state index < -0.39 is 0 Å². The second kappa shape index (κ2) is 6.37. The monoisotopic (exact) mass is 291 g/mol. The van der Waals surface area contributed by atoms with Gasteiger partial charge in [-0.1, -0.05) is 32.9 Å². The van der Waals surface area contributed by atoms with E-state index in [2.05, 4.69) is 50.4 Å². The summed E-state index contributed by atoms with van der Waals surface area (Å²) in [4.78, 5) is 0. The third-order valence-corrected chi connectivity index (χ3v) is 4.66. The molecule has 0 aliphatic heterocycles. The van der Waals surface area contributed by atoms with Crippen LogP contribution in [0.25, 0.3) is 0 Å². The van der Waals surface area contributed by atoms with Gasteiger partial charge in [0.2, 0.25) is 0 Å². The zero-order valence-corrected chi connectivity index (χ0v) is 13.8. The number of aliphatic hydroxyl groups excluding tert-OH is 1. The predicted octanol–water partition coefficient (Wildman–Crippen LogP) is 3.26. The Labute approximate surface area is 128 Å². The Morgan fingerprint density at radius 2 is 1.95 bits per heavy atom. The van der Waals surface area contributed by atoms with Crippen LogP contribution in [0.15, 0.2) is 24.3 Å². The summed E-state index contributed by atoms with van der Waals surface area (Å²) < 4.78 is 6.13. The fourth-order valence-corrected chi connectivity index (χ4v) is 3.08. The SMILES string of the molecule is CNC1(CO)CCCC(Oc2ccc(C(C)(C)C)cc2)C1. The van der Waals surface area contributed by atoms with Gasteiger partial charge in [-0.25, -0.2) is 0 Å². The average molecular weight is 291 g/mol. The van der Waals surface area contributed by atoms with Crippen LogP contribution >= 0.6 is 0 Å². The molecule has 0 saturated heterocycles. The molecule has 0 radical (unpaired) electrons. The minimum Gasteiger partial charge on any atom is -0.490 e. The summed E-state index contributed by atoms with van der Waals surface area (Å²) in [6.45, 7) is 6.82. The van der Waals surface area contributed by atoms with Gasteiger partial charge in [-0.05, 0) is 49.4 Å². The highest BCUT2D eigenvalue weighted by Crippen LogP contribution is 2.31. The minimum absolute atomic E-state index is 0.168. The van der Waals surface area contributed by atoms with E-state index in [9.17, 15) is 5.11 Å². The maximum Gasteiger partial charge on any atom is 0.119 e. The van der Waals surface area contributed by atoms with Crippen LogP contribution in [-0.4, -0.2) is 30.4 Å². The highest BCUT2D eigenvalue weighted by Gasteiger charge is 2.35. The van der Waals surface area contributed by atoms with Crippen molar-refractivity contribution in [1.82, 2.24) is 5.32 Å². The van der Waals surface area contributed by atoms with E-state index in [0.717, 1.165) is 31.4 Å². The third-order valence-electron chi connectivity index (χ3n) is 4.66. The molecule has 2 N–H and O–H groups in total. The summed E-state index contributed by atoms with van der Waals surface area (Å²) in [5, 5.41) is 12.9. The van der Waals surface area contributed by atoms with Crippen molar-refractivity contribution in [2.24, 2.45) is 0 Å². The first-order valence-electron chi connectivity index (χ1n) is 7.95. The molecule has 0 bridgehead atoms. The number of likely N-dealkylation sites (N-methyl/N-ethyl adjacent to an activating group) is 1. The zero-order chi connectivity index (χ0) is 15.5. The Kier molecular flexibility index (Phi) is 4.95. The predicted molar refractivity (Wildman–Crippen MR) is 86.9 cm³/mol. The molecular formula is C18H29NO2. The standard InChI is InChI=1S/C18H29NO2/c1-17(2,3)14-7-9-15(10-8-14)21-16-6-5-11-18(12-16,13-20)19-4/h7-10,16,19-20H,5-6,11-13H2,1-4H3. The smallest absolute Gasteiger partial charge is 0.119 e. The van der Waals surface area contributed by atoms with Gasteiger partial charge in [0.25, 0.3) is 0 Å². The lowest BCUT2D eigenvalue weighted by atomic mass is 9.80. The molecule has 1 aliphatic rings. The van der Waals surface area contributed by atoms with Gasteiger partial charge in [-0.15, -0.1) is 0 Å². The Hall–Kier alpha value is -1.06. The van der Waals surface area contributed by atoms with Gasteiger partial charge in [0, 0.05) is 12.0 Å². The molecule has 1 aromatic rings. The van der Waals surface area contributed by atoms with E-state index in [1.54, 1.807) is 0 Å². The largest absolute Gasteiger partial charge is 0.490 e. The first kappa shape index (κ1) is 16.3. The summed E-state index contributed by atoms with van der Waals surface area (Å²) in [7, 11) is 1.93. The van der Waals surface area contributed by atoms with Gasteiger partial charge in [0.15, 0.2) is 0 Å². The molecule has 2 unspecified atom stereocenters. The van der Waals surface area contributed by atoms with Crippen LogP contribution < -0.4 is 10.1 Å². The molecule has 1 saturated carbocycles. The van der Waals surface area contributed by atoms with Crippen molar-refractivity contribution in [3.8, 4) is 5.75 Å². The van der Waals surface area contributed by atoms with Crippen LogP contribution in [0.2, 0.25) is 0 Å². The molecule has 1 aliphatic carbocycles. The molecule has 0 amide bonds. The number of benzene rings is 1. The highest BCUT2D eigenvalue weighted by molar-refractivity contribution is 5.31. The third kappa shape index (κ3) is 3.98. The van der Waals surface area contributed by atoms with E-state index in [0.29, 0.717) is 0 Å². The second-order valence-electron chi connectivity index (χ2n) is 7.30. The Morgan fingerprint density at radius 3 is 2.48 bits per heavy atom. The van der Waals surface area contributed by atoms with Crippen molar-refractivity contribution in [1.29, 1.82) is 0 Å². The minimum atomic E-state index is -0.172. The molecule has 2 rings (SSSR count). The fourth-order valence-electron chi connectivity index (χ4n) is 3.08. The second-order valence-corrected chi connectivity index (χ2v) is 7.30. The van der Waals surface area contributed by atoms with Crippen LogP contribution in [0.4, 0.5) is 0 Å². The van der Waals surface area contributed by atoms with E-state index in [1.807, 2.05) is 7.05 Å². The molecule has 2 atom stereocenters. The van der Waals surface area contributed by atoms with Crippen LogP contribution in [-0.2, 0) is 5.41 Å². The number of rotatable bonds is 4. The summed E-state index contributed by atoms with van der Waals surface area (Å²) in [5.41, 5.74) is 1.31. The lowest BCUT2D eigenvalue weighted by molar-refractivity contribution is 0.0554. The fraction of sp³-hybridized carbons (Fsp3) is 0.667. The number of aliphatic hydroxyl groups is 1. The van der Waals surface area contributed by atoms with Crippen molar-refractivity contribution >= 4 is 0 Å². The quantitative estimate of drug-likeness (QED) is 0.894. The van der Waals surface area contributed by atoms with Gasteiger partial charge in [-0.3, -0.25) is 0 Å². The first-order valence-corrected chi connectivity index (χ1v) is 7.95. The van der Waals surface area contributed by atoms with Crippen molar-refractivity contribution in [2.75, 3.05) is 13.7 Å². The zero-order valence-electron chi connectivity index (χ0n) is 13.8. The number of hydrogen-bond donors (Lipinski definition) is 2. The molecule has 21 heavy (non-hydrogen) atoms. The normalized spacial score (nSPS) is 26.6. The van der Waals surface area contributed by atoms with Gasteiger partial charge in [-0.2, -0.15) is 0 Å². The van der Waals surface area contributed by atoms with Gasteiger partial charge in [0.1, 0.15) is 11.9 Å². The van der Waals surface area contributed by atoms with Crippen molar-refractivity contribution in [3.63, 3.8) is 0 Å². The van der Waals surface area contributed by atoms with Gasteiger partial charge in [0.05, 0.1) is 6.61 Å². The summed E-state index contributed by atoms with van der Waals surface area (Å²) >= 11 is 0. The Bertz CT molecular complexity index is 443. The van der Waals surface area contributed by atoms with Crippen LogP contribution in [0, 0.1) is 0 Å². The van der Waals surface area contributed by atoms with E-state index in [-0.39, 0.29) is 23.7 Å². The van der Waals surface area contributed by atoms with E-state index in [1.165, 1.54) is 5.56 Å². The molecule has 1 aromatic carbocycles. The molecule has 0 spiro atoms. The summed E-state index contributed by atoms with van der Waals surface area (Å²) in [5.74, 6) is 0.929. The first-order chi connectivity index (χ1) is 9.88. The van der Waals surface area contributed by atoms with Gasteiger partial charge >= 0.3 is 0 Å². The van der Waals surface area contributed by atoms with E-state index in [4.69, 9.17) is 4.74 Å². The van der Waals surface area contributed by atoms with E-state index >= 15 is 0 Å². The van der Waals surface area contributed by atoms with Crippen LogP contribution in [0.1, 0.15) is 52.0 Å². The topological polar surface area (TPSA) is 41.5 Å². The van der Waals surface area contributed by atoms with Crippen LogP contribution in [0.3, 0.4) is 0 Å². The lowest BCUT2D eigenvalue weighted by Crippen LogP contribution is -2.52. The highest BCUT2D eigenvalue weighted by atomic mass is 16.5.